The monoisotopic (exact) mass is 512 g/mol. The fourth-order valence-corrected chi connectivity index (χ4v) is 6.20. The van der Waals surface area contributed by atoms with E-state index in [1.54, 1.807) is 0 Å². The molecule has 3 heterocycles. The maximum Gasteiger partial charge on any atom is 0.190 e. The van der Waals surface area contributed by atoms with Crippen molar-refractivity contribution in [2.45, 2.75) is 123 Å². The molecule has 3 fully saturated rings. The Bertz CT molecular complexity index is 941. The highest BCUT2D eigenvalue weighted by atomic mass is 32.2. The van der Waals surface area contributed by atoms with Gasteiger partial charge >= 0.3 is 0 Å². The van der Waals surface area contributed by atoms with E-state index >= 15 is 0 Å². The first-order valence-corrected chi connectivity index (χ1v) is 14.5. The molecule has 7 nitrogen and oxygen atoms in total. The molecular weight excluding hydrogens is 468 g/mol. The van der Waals surface area contributed by atoms with Gasteiger partial charge in [-0.3, -0.25) is 0 Å². The first kappa shape index (κ1) is 28.5. The number of sulfone groups is 1. The number of allylic oxidation sites excluding steroid dienone is 5. The summed E-state index contributed by atoms with van der Waals surface area (Å²) in [5.41, 5.74) is 3.78. The van der Waals surface area contributed by atoms with Crippen LogP contribution in [0.4, 0.5) is 0 Å². The van der Waals surface area contributed by atoms with Crippen molar-refractivity contribution in [2.75, 3.05) is 11.5 Å². The molecule has 0 aliphatic carbocycles. The summed E-state index contributed by atoms with van der Waals surface area (Å²) in [6.07, 6.45) is 7.37. The average molecular weight is 513 g/mol. The summed E-state index contributed by atoms with van der Waals surface area (Å²) in [6.45, 7) is 15.6. The van der Waals surface area contributed by atoms with Crippen LogP contribution in [0.2, 0.25) is 0 Å². The standard InChI is InChI=1S/C27H44O7S/c1-18(2)11-9-12-19(3)13-10-14-20(4)15-16-35(28,29)17-21-22-23(32-26(5,6)31-22)24-25(30-21)34-27(7,8)33-24/h11,13,15,21-25H,9-10,12,14,16-17H2,1-8H3/b19-13+,20-15+/t21-,22+,23+,24-,25-/m1/s1. The highest BCUT2D eigenvalue weighted by Gasteiger charge is 2.61. The van der Waals surface area contributed by atoms with Gasteiger partial charge in [0.25, 0.3) is 0 Å². The summed E-state index contributed by atoms with van der Waals surface area (Å²) >= 11 is 0. The summed E-state index contributed by atoms with van der Waals surface area (Å²) < 4.78 is 56.1. The van der Waals surface area contributed by atoms with Crippen LogP contribution in [0, 0.1) is 0 Å². The summed E-state index contributed by atoms with van der Waals surface area (Å²) in [5, 5.41) is 0. The van der Waals surface area contributed by atoms with Gasteiger partial charge in [0.2, 0.25) is 0 Å². The molecule has 3 aliphatic rings. The third kappa shape index (κ3) is 8.23. The van der Waals surface area contributed by atoms with E-state index in [0.29, 0.717) is 0 Å². The molecule has 0 aromatic heterocycles. The third-order valence-electron chi connectivity index (χ3n) is 6.48. The minimum Gasteiger partial charge on any atom is -0.343 e. The van der Waals surface area contributed by atoms with E-state index in [-0.39, 0.29) is 11.5 Å². The van der Waals surface area contributed by atoms with E-state index in [2.05, 4.69) is 32.9 Å². The molecular formula is C27H44O7S. The minimum atomic E-state index is -3.43. The molecule has 0 bridgehead atoms. The lowest BCUT2D eigenvalue weighted by Crippen LogP contribution is -2.56. The van der Waals surface area contributed by atoms with Crippen LogP contribution in [0.15, 0.2) is 34.9 Å². The first-order chi connectivity index (χ1) is 16.2. The molecule has 200 valence electrons. The van der Waals surface area contributed by atoms with Gasteiger partial charge in [-0.15, -0.1) is 0 Å². The topological polar surface area (TPSA) is 80.3 Å². The number of hydrogen-bond acceptors (Lipinski definition) is 7. The van der Waals surface area contributed by atoms with Gasteiger partial charge in [0.1, 0.15) is 24.4 Å². The molecule has 35 heavy (non-hydrogen) atoms. The molecule has 3 rings (SSSR count). The van der Waals surface area contributed by atoms with Gasteiger partial charge in [-0.1, -0.05) is 34.9 Å². The molecule has 0 unspecified atom stereocenters. The zero-order chi connectivity index (χ0) is 26.0. The predicted molar refractivity (Wildman–Crippen MR) is 137 cm³/mol. The fourth-order valence-electron chi connectivity index (χ4n) is 4.75. The summed E-state index contributed by atoms with van der Waals surface area (Å²) in [4.78, 5) is 0. The number of hydrogen-bond donors (Lipinski definition) is 0. The SMILES string of the molecule is CC(C)=CCC/C(C)=C/CC/C(C)=C/CS(=O)(=O)C[C@H]1O[C@@H]2OC(C)(C)O[C@@H]2[C@H]2OC(C)(C)O[C@H]21. The Morgan fingerprint density at radius 3 is 1.94 bits per heavy atom. The molecule has 0 spiro atoms. The summed E-state index contributed by atoms with van der Waals surface area (Å²) in [5.74, 6) is -1.87. The van der Waals surface area contributed by atoms with Crippen molar-refractivity contribution in [3.8, 4) is 0 Å². The minimum absolute atomic E-state index is 0.0272. The largest absolute Gasteiger partial charge is 0.343 e. The molecule has 0 N–H and O–H groups in total. The first-order valence-electron chi connectivity index (χ1n) is 12.7. The number of rotatable bonds is 10. The summed E-state index contributed by atoms with van der Waals surface area (Å²) in [7, 11) is -3.43. The van der Waals surface area contributed by atoms with Gasteiger partial charge in [0, 0.05) is 0 Å². The van der Waals surface area contributed by atoms with Crippen LogP contribution >= 0.6 is 0 Å². The highest BCUT2D eigenvalue weighted by molar-refractivity contribution is 7.91. The Morgan fingerprint density at radius 1 is 0.743 bits per heavy atom. The van der Waals surface area contributed by atoms with Gasteiger partial charge < -0.3 is 23.7 Å². The average Bonchev–Trinajstić information content (AvgIpc) is 3.20. The van der Waals surface area contributed by atoms with Crippen molar-refractivity contribution in [1.29, 1.82) is 0 Å². The second-order valence-electron chi connectivity index (χ2n) is 11.2. The van der Waals surface area contributed by atoms with Crippen LogP contribution in [-0.2, 0) is 33.5 Å². The van der Waals surface area contributed by atoms with Gasteiger partial charge in [0.05, 0.1) is 11.5 Å². The number of ether oxygens (including phenoxy) is 5. The van der Waals surface area contributed by atoms with Crippen molar-refractivity contribution >= 4 is 9.84 Å². The molecule has 8 heteroatoms. The van der Waals surface area contributed by atoms with E-state index in [9.17, 15) is 8.42 Å². The lowest BCUT2D eigenvalue weighted by molar-refractivity contribution is -0.228. The quantitative estimate of drug-likeness (QED) is 0.371. The van der Waals surface area contributed by atoms with Crippen LogP contribution in [0.5, 0.6) is 0 Å². The smallest absolute Gasteiger partial charge is 0.190 e. The Morgan fingerprint density at radius 2 is 1.29 bits per heavy atom. The second kappa shape index (κ2) is 11.2. The van der Waals surface area contributed by atoms with Gasteiger partial charge in [0.15, 0.2) is 27.7 Å². The maximum atomic E-state index is 13.0. The molecule has 0 amide bonds. The number of fused-ring (bicyclic) bond motifs is 3. The van der Waals surface area contributed by atoms with Crippen molar-refractivity contribution < 1.29 is 32.1 Å². The van der Waals surface area contributed by atoms with Crippen molar-refractivity contribution in [1.82, 2.24) is 0 Å². The van der Waals surface area contributed by atoms with Gasteiger partial charge in [-0.2, -0.15) is 0 Å². The van der Waals surface area contributed by atoms with Gasteiger partial charge in [-0.25, -0.2) is 8.42 Å². The zero-order valence-electron chi connectivity index (χ0n) is 22.6. The summed E-state index contributed by atoms with van der Waals surface area (Å²) in [6, 6.07) is 0. The lowest BCUT2D eigenvalue weighted by atomic mass is 10.00. The van der Waals surface area contributed by atoms with E-state index in [4.69, 9.17) is 23.7 Å². The maximum absolute atomic E-state index is 13.0. The molecule has 3 aliphatic heterocycles. The van der Waals surface area contributed by atoms with Gasteiger partial charge in [-0.05, 0) is 81.1 Å². The predicted octanol–water partition coefficient (Wildman–Crippen LogP) is 5.22. The van der Waals surface area contributed by atoms with Crippen LogP contribution in [0.3, 0.4) is 0 Å². The molecule has 3 saturated heterocycles. The van der Waals surface area contributed by atoms with E-state index in [1.807, 2.05) is 40.7 Å². The zero-order valence-corrected chi connectivity index (χ0v) is 23.4. The fraction of sp³-hybridized carbons (Fsp3) is 0.778. The Balaban J connectivity index is 1.56. The Kier molecular flexibility index (Phi) is 9.09. The van der Waals surface area contributed by atoms with Crippen LogP contribution in [-0.4, -0.2) is 62.2 Å². The molecule has 0 aromatic carbocycles. The Hall–Kier alpha value is -1.03. The molecule has 0 saturated carbocycles. The van der Waals surface area contributed by atoms with Crippen LogP contribution in [0.1, 0.15) is 81.1 Å². The van der Waals surface area contributed by atoms with E-state index < -0.39 is 52.1 Å². The van der Waals surface area contributed by atoms with Crippen molar-refractivity contribution in [2.24, 2.45) is 0 Å². The Labute approximate surface area is 211 Å². The van der Waals surface area contributed by atoms with Crippen LogP contribution < -0.4 is 0 Å². The molecule has 0 radical (unpaired) electrons. The van der Waals surface area contributed by atoms with E-state index in [0.717, 1.165) is 31.3 Å². The van der Waals surface area contributed by atoms with Crippen molar-refractivity contribution in [3.63, 3.8) is 0 Å². The molecule has 5 atom stereocenters. The highest BCUT2D eigenvalue weighted by Crippen LogP contribution is 2.44. The third-order valence-corrected chi connectivity index (χ3v) is 7.99. The second-order valence-corrected chi connectivity index (χ2v) is 13.4. The lowest BCUT2D eigenvalue weighted by Gasteiger charge is -2.37. The van der Waals surface area contributed by atoms with E-state index in [1.165, 1.54) is 11.1 Å². The van der Waals surface area contributed by atoms with Crippen LogP contribution in [0.25, 0.3) is 0 Å². The molecule has 0 aromatic rings. The normalized spacial score (nSPS) is 32.3. The van der Waals surface area contributed by atoms with Crippen molar-refractivity contribution in [3.05, 3.63) is 34.9 Å².